The molecule has 2 fully saturated rings. The molecule has 0 radical (unpaired) electrons. The Balaban J connectivity index is 1.36. The minimum absolute atomic E-state index is 0.631. The molecule has 3 atom stereocenters. The van der Waals surface area contributed by atoms with Crippen LogP contribution in [0.3, 0.4) is 0 Å². The Bertz CT molecular complexity index is 791. The van der Waals surface area contributed by atoms with E-state index in [1.165, 1.54) is 68.9 Å². The lowest BCUT2D eigenvalue weighted by atomic mass is 9.71. The first-order valence-electron chi connectivity index (χ1n) is 12.5. The first-order valence-corrected chi connectivity index (χ1v) is 12.5. The van der Waals surface area contributed by atoms with Crippen LogP contribution in [-0.4, -0.2) is 48.7 Å². The van der Waals surface area contributed by atoms with Crippen molar-refractivity contribution < 1.29 is 4.48 Å². The van der Waals surface area contributed by atoms with Crippen LogP contribution in [0, 0.1) is 17.8 Å². The van der Waals surface area contributed by atoms with Gasteiger partial charge in [-0.1, -0.05) is 49.8 Å². The topological polar surface area (TPSA) is 3.24 Å². The van der Waals surface area contributed by atoms with E-state index in [1.807, 2.05) is 0 Å². The highest BCUT2D eigenvalue weighted by Crippen LogP contribution is 2.41. The van der Waals surface area contributed by atoms with Crippen LogP contribution in [0.25, 0.3) is 0 Å². The van der Waals surface area contributed by atoms with Crippen molar-refractivity contribution >= 4 is 0 Å². The molecule has 30 heavy (non-hydrogen) atoms. The van der Waals surface area contributed by atoms with Crippen LogP contribution in [0.4, 0.5) is 0 Å². The van der Waals surface area contributed by atoms with Crippen molar-refractivity contribution in [2.75, 3.05) is 27.2 Å². The van der Waals surface area contributed by atoms with Gasteiger partial charge in [0.25, 0.3) is 0 Å². The van der Waals surface area contributed by atoms with Gasteiger partial charge in [-0.3, -0.25) is 0 Å². The van der Waals surface area contributed by atoms with Crippen molar-refractivity contribution in [1.82, 2.24) is 4.90 Å². The summed E-state index contributed by atoms with van der Waals surface area (Å²) in [6.07, 6.45) is 18.0. The Labute approximate surface area is 184 Å². The van der Waals surface area contributed by atoms with E-state index >= 15 is 0 Å². The van der Waals surface area contributed by atoms with E-state index in [2.05, 4.69) is 68.4 Å². The summed E-state index contributed by atoms with van der Waals surface area (Å²) in [7, 11) is 5.05. The summed E-state index contributed by atoms with van der Waals surface area (Å²) in [6.45, 7) is 5.05. The quantitative estimate of drug-likeness (QED) is 0.577. The van der Waals surface area contributed by atoms with Gasteiger partial charge in [0.05, 0.1) is 27.2 Å². The highest BCUT2D eigenvalue weighted by atomic mass is 15.4. The molecule has 4 aliphatic rings. The number of hydrogen-bond donors (Lipinski definition) is 0. The predicted molar refractivity (Wildman–Crippen MR) is 126 cm³/mol. The molecule has 2 heteroatoms. The number of fused-ring (bicyclic) bond motifs is 1. The van der Waals surface area contributed by atoms with Gasteiger partial charge in [-0.25, -0.2) is 0 Å². The maximum atomic E-state index is 2.86. The fourth-order valence-corrected chi connectivity index (χ4v) is 6.77. The third-order valence-corrected chi connectivity index (χ3v) is 8.99. The summed E-state index contributed by atoms with van der Waals surface area (Å²) in [4.78, 5) is 2.86. The minimum Gasteiger partial charge on any atom is -0.365 e. The van der Waals surface area contributed by atoms with Crippen LogP contribution in [-0.2, 0) is 12.8 Å². The van der Waals surface area contributed by atoms with E-state index in [9.17, 15) is 0 Å². The molecule has 0 spiro atoms. The zero-order valence-corrected chi connectivity index (χ0v) is 19.4. The monoisotopic (exact) mass is 405 g/mol. The summed E-state index contributed by atoms with van der Waals surface area (Å²) >= 11 is 0. The normalized spacial score (nSPS) is 31.2. The molecular formula is C28H41N2+. The highest BCUT2D eigenvalue weighted by molar-refractivity contribution is 5.34. The van der Waals surface area contributed by atoms with Crippen molar-refractivity contribution in [3.8, 4) is 0 Å². The van der Waals surface area contributed by atoms with Crippen molar-refractivity contribution in [1.29, 1.82) is 0 Å². The lowest BCUT2D eigenvalue weighted by molar-refractivity contribution is -0.923. The maximum absolute atomic E-state index is 2.86. The van der Waals surface area contributed by atoms with Gasteiger partial charge in [0.15, 0.2) is 0 Å². The number of piperidine rings is 1. The highest BCUT2D eigenvalue weighted by Gasteiger charge is 2.43. The van der Waals surface area contributed by atoms with E-state index in [1.54, 1.807) is 16.8 Å². The van der Waals surface area contributed by atoms with Crippen LogP contribution in [0.5, 0.6) is 0 Å². The third kappa shape index (κ3) is 3.88. The molecule has 2 nitrogen and oxygen atoms in total. The van der Waals surface area contributed by atoms with Crippen LogP contribution in [0.2, 0.25) is 0 Å². The Kier molecular flexibility index (Phi) is 5.56. The minimum atomic E-state index is 0.631. The fourth-order valence-electron chi connectivity index (χ4n) is 6.77. The zero-order chi connectivity index (χ0) is 20.7. The molecule has 5 rings (SSSR count). The van der Waals surface area contributed by atoms with Gasteiger partial charge < -0.3 is 9.38 Å². The Morgan fingerprint density at radius 3 is 2.30 bits per heavy atom. The van der Waals surface area contributed by atoms with Crippen LogP contribution < -0.4 is 0 Å². The van der Waals surface area contributed by atoms with Gasteiger partial charge in [0.1, 0.15) is 6.04 Å². The molecule has 162 valence electrons. The fraction of sp³-hybridized carbons (Fsp3) is 0.643. The summed E-state index contributed by atoms with van der Waals surface area (Å²) in [6, 6.07) is 10.5. The van der Waals surface area contributed by atoms with Crippen LogP contribution in [0.15, 0.2) is 48.2 Å². The number of benzene rings is 1. The van der Waals surface area contributed by atoms with Crippen molar-refractivity contribution in [2.45, 2.75) is 70.4 Å². The SMILES string of the molecule is CC1CC=CC=C1N(CC1CCC(C2CCC2)C[N+]1(C)C)C1Cc2ccccc2C1. The van der Waals surface area contributed by atoms with Gasteiger partial charge in [0, 0.05) is 24.1 Å². The first-order chi connectivity index (χ1) is 14.5. The number of rotatable bonds is 5. The lowest BCUT2D eigenvalue weighted by Gasteiger charge is -2.50. The molecule has 0 amide bonds. The second-order valence-electron chi connectivity index (χ2n) is 11.3. The number of nitrogens with zero attached hydrogens (tertiary/aromatic N) is 2. The van der Waals surface area contributed by atoms with Gasteiger partial charge in [-0.15, -0.1) is 0 Å². The van der Waals surface area contributed by atoms with E-state index in [4.69, 9.17) is 0 Å². The van der Waals surface area contributed by atoms with Crippen molar-refractivity contribution in [2.24, 2.45) is 17.8 Å². The smallest absolute Gasteiger partial charge is 0.106 e. The van der Waals surface area contributed by atoms with Gasteiger partial charge in [0.2, 0.25) is 0 Å². The molecule has 0 bridgehead atoms. The van der Waals surface area contributed by atoms with Gasteiger partial charge in [-0.2, -0.15) is 0 Å². The number of likely N-dealkylation sites (N-methyl/N-ethyl adjacent to an activating group) is 1. The molecule has 3 aliphatic carbocycles. The Hall–Kier alpha value is -1.54. The first kappa shape index (κ1) is 20.4. The third-order valence-electron chi connectivity index (χ3n) is 8.99. The lowest BCUT2D eigenvalue weighted by Crippen LogP contribution is -2.60. The molecule has 1 aromatic carbocycles. The van der Waals surface area contributed by atoms with E-state index in [-0.39, 0.29) is 0 Å². The molecule has 1 aliphatic heterocycles. The second kappa shape index (κ2) is 8.19. The Morgan fingerprint density at radius 1 is 0.967 bits per heavy atom. The average molecular weight is 406 g/mol. The van der Waals surface area contributed by atoms with Crippen molar-refractivity contribution in [3.05, 3.63) is 59.3 Å². The second-order valence-corrected chi connectivity index (χ2v) is 11.3. The molecule has 1 saturated carbocycles. The van der Waals surface area contributed by atoms with Gasteiger partial charge in [-0.05, 0) is 67.6 Å². The summed E-state index contributed by atoms with van der Waals surface area (Å²) in [5, 5.41) is 0. The van der Waals surface area contributed by atoms with Gasteiger partial charge >= 0.3 is 0 Å². The number of hydrogen-bond acceptors (Lipinski definition) is 1. The number of likely N-dealkylation sites (tertiary alicyclic amines) is 1. The molecule has 0 aromatic heterocycles. The summed E-state index contributed by atoms with van der Waals surface area (Å²) in [5.74, 6) is 2.65. The number of allylic oxidation sites excluding steroid dienone is 4. The van der Waals surface area contributed by atoms with Crippen LogP contribution in [0.1, 0.15) is 56.6 Å². The molecule has 1 aromatic rings. The van der Waals surface area contributed by atoms with E-state index in [0.717, 1.165) is 17.9 Å². The molecule has 3 unspecified atom stereocenters. The average Bonchev–Trinajstić information content (AvgIpc) is 3.10. The van der Waals surface area contributed by atoms with Crippen LogP contribution >= 0.6 is 0 Å². The zero-order valence-electron chi connectivity index (χ0n) is 19.4. The predicted octanol–water partition coefficient (Wildman–Crippen LogP) is 5.59. The Morgan fingerprint density at radius 2 is 1.70 bits per heavy atom. The molecular weight excluding hydrogens is 364 g/mol. The van der Waals surface area contributed by atoms with E-state index < -0.39 is 0 Å². The summed E-state index contributed by atoms with van der Waals surface area (Å²) < 4.78 is 1.22. The molecule has 1 heterocycles. The largest absolute Gasteiger partial charge is 0.365 e. The van der Waals surface area contributed by atoms with Crippen molar-refractivity contribution in [3.63, 3.8) is 0 Å². The molecule has 1 saturated heterocycles. The van der Waals surface area contributed by atoms with E-state index in [0.29, 0.717) is 12.0 Å². The molecule has 0 N–H and O–H groups in total. The standard InChI is InChI=1S/C28H41N2/c1-21-9-4-7-14-28(21)29(26-17-23-10-5-6-11-24(23)18-26)19-27-16-15-25(20-30(27,2)3)22-12-8-13-22/h4-7,10-11,14,21-22,25-27H,8-9,12-13,15-20H2,1-3H3/q+1. The summed E-state index contributed by atoms with van der Waals surface area (Å²) in [5.41, 5.74) is 4.75. The number of quaternary nitrogens is 1. The maximum Gasteiger partial charge on any atom is 0.106 e.